The Hall–Kier alpha value is -2.08. The highest BCUT2D eigenvalue weighted by Crippen LogP contribution is 2.48. The van der Waals surface area contributed by atoms with Gasteiger partial charge in [-0.25, -0.2) is 0 Å². The molecule has 146 valence electrons. The molecule has 0 spiro atoms. The lowest BCUT2D eigenvalue weighted by Gasteiger charge is -2.38. The Labute approximate surface area is 160 Å². The molecule has 1 aromatic carbocycles. The van der Waals surface area contributed by atoms with E-state index in [9.17, 15) is 9.59 Å². The molecule has 1 aromatic rings. The van der Waals surface area contributed by atoms with E-state index in [0.29, 0.717) is 44.4 Å². The number of amides is 2. The molecule has 27 heavy (non-hydrogen) atoms. The lowest BCUT2D eigenvalue weighted by atomic mass is 9.84. The summed E-state index contributed by atoms with van der Waals surface area (Å²) in [6, 6.07) is 7.64. The van der Waals surface area contributed by atoms with Crippen LogP contribution in [0.5, 0.6) is 5.75 Å². The van der Waals surface area contributed by atoms with Crippen molar-refractivity contribution in [1.82, 2.24) is 9.80 Å². The van der Waals surface area contributed by atoms with Crippen LogP contribution in [-0.2, 0) is 16.0 Å². The van der Waals surface area contributed by atoms with Gasteiger partial charge in [0.05, 0.1) is 19.4 Å². The highest BCUT2D eigenvalue weighted by Gasteiger charge is 2.50. The zero-order chi connectivity index (χ0) is 19.0. The van der Waals surface area contributed by atoms with E-state index in [2.05, 4.69) is 0 Å². The number of carbonyl (C=O) groups excluding carboxylic acids is 2. The maximum Gasteiger partial charge on any atom is 0.227 e. The number of hydrogen-bond donors (Lipinski definition) is 1. The molecule has 2 saturated carbocycles. The highest BCUT2D eigenvalue weighted by molar-refractivity contribution is 5.82. The fraction of sp³-hybridized carbons (Fsp3) is 0.619. The van der Waals surface area contributed by atoms with Crippen molar-refractivity contribution in [1.29, 1.82) is 0 Å². The standard InChI is InChI=1S/C21H29N3O3/c1-27-17-4-2-3-14(11-17)12-18(25)23-7-9-24(10-8-23)21(26)19-15-5-6-16(13-15)20(19)22/h2-4,11,15-16,19-20H,5-10,12-13,22H2,1H3. The van der Waals surface area contributed by atoms with Crippen molar-refractivity contribution < 1.29 is 14.3 Å². The van der Waals surface area contributed by atoms with Crippen molar-refractivity contribution in [3.63, 3.8) is 0 Å². The molecule has 2 N–H and O–H groups in total. The van der Waals surface area contributed by atoms with Crippen molar-refractivity contribution in [2.45, 2.75) is 31.7 Å². The van der Waals surface area contributed by atoms with Crippen LogP contribution >= 0.6 is 0 Å². The number of benzene rings is 1. The van der Waals surface area contributed by atoms with Gasteiger partial charge >= 0.3 is 0 Å². The first-order valence-corrected chi connectivity index (χ1v) is 10.0. The van der Waals surface area contributed by atoms with E-state index in [1.165, 1.54) is 6.42 Å². The minimum Gasteiger partial charge on any atom is -0.497 e. The molecule has 0 aromatic heterocycles. The van der Waals surface area contributed by atoms with E-state index in [4.69, 9.17) is 10.5 Å². The fourth-order valence-electron chi connectivity index (χ4n) is 5.16. The average molecular weight is 371 g/mol. The second-order valence-corrected chi connectivity index (χ2v) is 8.17. The van der Waals surface area contributed by atoms with Crippen LogP contribution < -0.4 is 10.5 Å². The van der Waals surface area contributed by atoms with Crippen LogP contribution in [0.2, 0.25) is 0 Å². The molecule has 3 fully saturated rings. The smallest absolute Gasteiger partial charge is 0.227 e. The molecule has 4 rings (SSSR count). The summed E-state index contributed by atoms with van der Waals surface area (Å²) in [6.07, 6.45) is 3.81. The van der Waals surface area contributed by atoms with E-state index in [0.717, 1.165) is 24.2 Å². The van der Waals surface area contributed by atoms with Gasteiger partial charge in [-0.3, -0.25) is 9.59 Å². The molecular formula is C21H29N3O3. The Morgan fingerprint density at radius 1 is 1.11 bits per heavy atom. The lowest BCUT2D eigenvalue weighted by Crippen LogP contribution is -2.55. The first kappa shape index (κ1) is 18.3. The third kappa shape index (κ3) is 3.55. The molecule has 6 nitrogen and oxygen atoms in total. The van der Waals surface area contributed by atoms with Gasteiger partial charge in [0.1, 0.15) is 5.75 Å². The van der Waals surface area contributed by atoms with E-state index >= 15 is 0 Å². The van der Waals surface area contributed by atoms with Gasteiger partial charge in [-0.15, -0.1) is 0 Å². The summed E-state index contributed by atoms with van der Waals surface area (Å²) in [5.74, 6) is 2.10. The Bertz CT molecular complexity index is 712. The zero-order valence-corrected chi connectivity index (χ0v) is 16.0. The van der Waals surface area contributed by atoms with E-state index in [1.54, 1.807) is 7.11 Å². The van der Waals surface area contributed by atoms with E-state index < -0.39 is 0 Å². The van der Waals surface area contributed by atoms with Gasteiger partial charge in [-0.1, -0.05) is 12.1 Å². The summed E-state index contributed by atoms with van der Waals surface area (Å²) in [4.78, 5) is 29.4. The molecule has 4 atom stereocenters. The van der Waals surface area contributed by atoms with Crippen molar-refractivity contribution in [3.8, 4) is 5.75 Å². The molecule has 0 radical (unpaired) electrons. The van der Waals surface area contributed by atoms with E-state index in [1.807, 2.05) is 34.1 Å². The second kappa shape index (κ2) is 7.50. The van der Waals surface area contributed by atoms with Crippen molar-refractivity contribution in [2.24, 2.45) is 23.5 Å². The maximum absolute atomic E-state index is 13.0. The Morgan fingerprint density at radius 3 is 2.48 bits per heavy atom. The van der Waals surface area contributed by atoms with Crippen LogP contribution in [0.1, 0.15) is 24.8 Å². The van der Waals surface area contributed by atoms with E-state index in [-0.39, 0.29) is 23.8 Å². The molecule has 4 unspecified atom stereocenters. The summed E-state index contributed by atoms with van der Waals surface area (Å²) in [5, 5.41) is 0. The Kier molecular flexibility index (Phi) is 5.08. The number of ether oxygens (including phenoxy) is 1. The minimum absolute atomic E-state index is 0.00258. The first-order chi connectivity index (χ1) is 13.1. The van der Waals surface area contributed by atoms with Crippen LogP contribution in [0.25, 0.3) is 0 Å². The number of hydrogen-bond acceptors (Lipinski definition) is 4. The largest absolute Gasteiger partial charge is 0.497 e. The lowest BCUT2D eigenvalue weighted by molar-refractivity contribution is -0.143. The molecule has 1 saturated heterocycles. The third-order valence-corrected chi connectivity index (χ3v) is 6.70. The Balaban J connectivity index is 1.30. The van der Waals surface area contributed by atoms with Gasteiger partial charge in [0.25, 0.3) is 0 Å². The minimum atomic E-state index is 0.00258. The number of nitrogens with two attached hydrogens (primary N) is 1. The number of fused-ring (bicyclic) bond motifs is 2. The number of rotatable bonds is 4. The normalized spacial score (nSPS) is 29.9. The SMILES string of the molecule is COc1cccc(CC(=O)N2CCN(C(=O)C3C4CCC(C4)C3N)CC2)c1. The first-order valence-electron chi connectivity index (χ1n) is 10.0. The van der Waals surface area contributed by atoms with Gasteiger partial charge in [0.15, 0.2) is 0 Å². The van der Waals surface area contributed by atoms with Crippen molar-refractivity contribution in [2.75, 3.05) is 33.3 Å². The number of nitrogens with zero attached hydrogens (tertiary/aromatic N) is 2. The number of methoxy groups -OCH3 is 1. The Morgan fingerprint density at radius 2 is 1.81 bits per heavy atom. The van der Waals surface area contributed by atoms with Crippen LogP contribution in [0.3, 0.4) is 0 Å². The molecule has 2 bridgehead atoms. The van der Waals surface area contributed by atoms with Crippen molar-refractivity contribution in [3.05, 3.63) is 29.8 Å². The number of carbonyl (C=O) groups is 2. The summed E-state index contributed by atoms with van der Waals surface area (Å²) >= 11 is 0. The quantitative estimate of drug-likeness (QED) is 0.865. The topological polar surface area (TPSA) is 75.9 Å². The molecule has 3 aliphatic rings. The monoisotopic (exact) mass is 371 g/mol. The number of piperazine rings is 1. The maximum atomic E-state index is 13.0. The van der Waals surface area contributed by atoms with Crippen LogP contribution in [-0.4, -0.2) is 60.9 Å². The predicted molar refractivity (Wildman–Crippen MR) is 102 cm³/mol. The summed E-state index contributed by atoms with van der Waals surface area (Å²) in [7, 11) is 1.62. The third-order valence-electron chi connectivity index (χ3n) is 6.70. The second-order valence-electron chi connectivity index (χ2n) is 8.17. The van der Waals surface area contributed by atoms with Gasteiger partial charge in [-0.2, -0.15) is 0 Å². The molecule has 6 heteroatoms. The van der Waals surface area contributed by atoms with Crippen LogP contribution in [0, 0.1) is 17.8 Å². The molecule has 1 aliphatic heterocycles. The van der Waals surface area contributed by atoms with Gasteiger partial charge in [-0.05, 0) is 48.8 Å². The summed E-state index contributed by atoms with van der Waals surface area (Å²) < 4.78 is 5.22. The summed E-state index contributed by atoms with van der Waals surface area (Å²) in [5.41, 5.74) is 7.28. The summed E-state index contributed by atoms with van der Waals surface area (Å²) in [6.45, 7) is 2.43. The molecule has 1 heterocycles. The van der Waals surface area contributed by atoms with Gasteiger partial charge < -0.3 is 20.3 Å². The zero-order valence-electron chi connectivity index (χ0n) is 16.0. The van der Waals surface area contributed by atoms with Crippen molar-refractivity contribution >= 4 is 11.8 Å². The van der Waals surface area contributed by atoms with Crippen LogP contribution in [0.4, 0.5) is 0 Å². The fourth-order valence-corrected chi connectivity index (χ4v) is 5.16. The predicted octanol–water partition coefficient (Wildman–Crippen LogP) is 1.28. The van der Waals surface area contributed by atoms with Crippen LogP contribution in [0.15, 0.2) is 24.3 Å². The van der Waals surface area contributed by atoms with Gasteiger partial charge in [0, 0.05) is 32.2 Å². The highest BCUT2D eigenvalue weighted by atomic mass is 16.5. The molecular weight excluding hydrogens is 342 g/mol. The average Bonchev–Trinajstić information content (AvgIpc) is 3.29. The molecule has 2 amide bonds. The molecule has 2 aliphatic carbocycles. The van der Waals surface area contributed by atoms with Gasteiger partial charge in [0.2, 0.25) is 11.8 Å².